The minimum Gasteiger partial charge on any atom is -0.396 e. The molecule has 1 aliphatic rings. The zero-order chi connectivity index (χ0) is 16.8. The van der Waals surface area contributed by atoms with Gasteiger partial charge < -0.3 is 10.4 Å². The van der Waals surface area contributed by atoms with Gasteiger partial charge in [-0.15, -0.1) is 0 Å². The third-order valence-corrected chi connectivity index (χ3v) is 5.63. The van der Waals surface area contributed by atoms with E-state index in [1.807, 2.05) is 42.5 Å². The minimum atomic E-state index is 0.00137. The zero-order valence-corrected chi connectivity index (χ0v) is 14.5. The summed E-state index contributed by atoms with van der Waals surface area (Å²) in [5.74, 6) is 0.403. The van der Waals surface area contributed by atoms with Gasteiger partial charge in [-0.25, -0.2) is 0 Å². The van der Waals surface area contributed by atoms with E-state index >= 15 is 0 Å². The van der Waals surface area contributed by atoms with E-state index in [1.165, 1.54) is 0 Å². The highest BCUT2D eigenvalue weighted by molar-refractivity contribution is 7.99. The van der Waals surface area contributed by atoms with Gasteiger partial charge in [0.2, 0.25) is 0 Å². The normalized spacial score (nSPS) is 20.5. The van der Waals surface area contributed by atoms with E-state index in [2.05, 4.69) is 17.4 Å². The first-order chi connectivity index (χ1) is 11.8. The summed E-state index contributed by atoms with van der Waals surface area (Å²) in [6.07, 6.45) is 3.87. The number of hydrogen-bond acceptors (Lipinski definition) is 3. The van der Waals surface area contributed by atoms with Crippen molar-refractivity contribution in [3.05, 3.63) is 60.2 Å². The van der Waals surface area contributed by atoms with Crippen LogP contribution in [0.4, 0.5) is 0 Å². The third-order valence-electron chi connectivity index (χ3n) is 4.54. The van der Waals surface area contributed by atoms with Crippen molar-refractivity contribution < 1.29 is 9.90 Å². The molecule has 0 unspecified atom stereocenters. The summed E-state index contributed by atoms with van der Waals surface area (Å²) >= 11 is 1.61. The van der Waals surface area contributed by atoms with Crippen LogP contribution in [0.1, 0.15) is 36.0 Å². The molecule has 2 aromatic carbocycles. The molecule has 2 N–H and O–H groups in total. The lowest BCUT2D eigenvalue weighted by atomic mass is 9.86. The van der Waals surface area contributed by atoms with Crippen molar-refractivity contribution in [3.8, 4) is 0 Å². The highest BCUT2D eigenvalue weighted by Gasteiger charge is 2.23. The lowest BCUT2D eigenvalue weighted by Gasteiger charge is -2.28. The van der Waals surface area contributed by atoms with Gasteiger partial charge in [-0.3, -0.25) is 4.79 Å². The first kappa shape index (κ1) is 17.1. The highest BCUT2D eigenvalue weighted by Crippen LogP contribution is 2.30. The zero-order valence-electron chi connectivity index (χ0n) is 13.7. The molecule has 0 aromatic heterocycles. The van der Waals surface area contributed by atoms with Crippen LogP contribution in [-0.4, -0.2) is 23.7 Å². The van der Waals surface area contributed by atoms with E-state index < -0.39 is 0 Å². The number of carbonyl (C=O) groups is 1. The molecular weight excluding hydrogens is 318 g/mol. The fourth-order valence-corrected chi connectivity index (χ4v) is 4.08. The van der Waals surface area contributed by atoms with Crippen LogP contribution in [0.3, 0.4) is 0 Å². The number of aliphatic hydroxyl groups is 1. The van der Waals surface area contributed by atoms with Crippen LogP contribution >= 0.6 is 11.8 Å². The largest absolute Gasteiger partial charge is 0.396 e. The molecule has 1 aliphatic carbocycles. The van der Waals surface area contributed by atoms with E-state index in [9.17, 15) is 9.90 Å². The average molecular weight is 341 g/mol. The van der Waals surface area contributed by atoms with E-state index in [4.69, 9.17) is 0 Å². The van der Waals surface area contributed by atoms with Crippen molar-refractivity contribution in [3.63, 3.8) is 0 Å². The molecule has 0 aliphatic heterocycles. The van der Waals surface area contributed by atoms with Gasteiger partial charge in [0.25, 0.3) is 5.91 Å². The van der Waals surface area contributed by atoms with E-state index in [-0.39, 0.29) is 18.6 Å². The quantitative estimate of drug-likeness (QED) is 0.860. The van der Waals surface area contributed by atoms with E-state index in [1.54, 1.807) is 11.8 Å². The van der Waals surface area contributed by atoms with Gasteiger partial charge in [0, 0.05) is 22.4 Å². The molecule has 1 amide bonds. The Bertz CT molecular complexity index is 666. The molecule has 0 heterocycles. The third kappa shape index (κ3) is 4.40. The van der Waals surface area contributed by atoms with Crippen LogP contribution in [0, 0.1) is 5.92 Å². The van der Waals surface area contributed by atoms with Crippen LogP contribution in [0.15, 0.2) is 64.4 Å². The van der Waals surface area contributed by atoms with Crippen molar-refractivity contribution in [1.29, 1.82) is 0 Å². The highest BCUT2D eigenvalue weighted by atomic mass is 32.2. The second kappa shape index (κ2) is 8.36. The molecular formula is C20H23NO2S. The number of benzene rings is 2. The van der Waals surface area contributed by atoms with Crippen LogP contribution in [0.5, 0.6) is 0 Å². The molecule has 3 rings (SSSR count). The molecule has 126 valence electrons. The Morgan fingerprint density at radius 1 is 1.00 bits per heavy atom. The monoisotopic (exact) mass is 341 g/mol. The molecule has 4 heteroatoms. The summed E-state index contributed by atoms with van der Waals surface area (Å²) in [7, 11) is 0. The molecule has 0 spiro atoms. The second-order valence-corrected chi connectivity index (χ2v) is 7.40. The van der Waals surface area contributed by atoms with Gasteiger partial charge in [0.05, 0.1) is 5.56 Å². The predicted octanol–water partition coefficient (Wildman–Crippen LogP) is 4.12. The Labute approximate surface area is 147 Å². The summed E-state index contributed by atoms with van der Waals surface area (Å²) in [6, 6.07) is 18.1. The number of aliphatic hydroxyl groups excluding tert-OH is 1. The van der Waals surface area contributed by atoms with Gasteiger partial charge in [-0.1, -0.05) is 42.1 Å². The first-order valence-corrected chi connectivity index (χ1v) is 9.31. The standard InChI is InChI=1S/C20H23NO2S/c22-14-15-10-12-16(13-11-15)21-20(23)18-8-4-5-9-19(18)24-17-6-2-1-3-7-17/h1-9,15-16,22H,10-14H2,(H,21,23). The summed E-state index contributed by atoms with van der Waals surface area (Å²) in [6.45, 7) is 0.261. The topological polar surface area (TPSA) is 49.3 Å². The van der Waals surface area contributed by atoms with Crippen molar-refractivity contribution >= 4 is 17.7 Å². The number of carbonyl (C=O) groups excluding carboxylic acids is 1. The van der Waals surface area contributed by atoms with Crippen molar-refractivity contribution in [2.24, 2.45) is 5.92 Å². The van der Waals surface area contributed by atoms with Gasteiger partial charge >= 0.3 is 0 Å². The molecule has 1 saturated carbocycles. The molecule has 0 radical (unpaired) electrons. The fraction of sp³-hybridized carbons (Fsp3) is 0.350. The Hall–Kier alpha value is -1.78. The van der Waals surface area contributed by atoms with E-state index in [0.29, 0.717) is 5.92 Å². The van der Waals surface area contributed by atoms with Gasteiger partial charge in [-0.2, -0.15) is 0 Å². The number of nitrogens with one attached hydrogen (secondary N) is 1. The lowest BCUT2D eigenvalue weighted by Crippen LogP contribution is -2.38. The average Bonchev–Trinajstić information content (AvgIpc) is 2.63. The summed E-state index contributed by atoms with van der Waals surface area (Å²) < 4.78 is 0. The van der Waals surface area contributed by atoms with Crippen molar-refractivity contribution in [1.82, 2.24) is 5.32 Å². The SMILES string of the molecule is O=C(NC1CCC(CO)CC1)c1ccccc1Sc1ccccc1. The van der Waals surface area contributed by atoms with Crippen LogP contribution in [0.25, 0.3) is 0 Å². The Morgan fingerprint density at radius 2 is 1.67 bits per heavy atom. The second-order valence-electron chi connectivity index (χ2n) is 6.28. The maximum Gasteiger partial charge on any atom is 0.252 e. The molecule has 0 saturated heterocycles. The van der Waals surface area contributed by atoms with Gasteiger partial charge in [0.1, 0.15) is 0 Å². The fourth-order valence-electron chi connectivity index (χ4n) is 3.11. The molecule has 0 atom stereocenters. The Balaban J connectivity index is 1.67. The van der Waals surface area contributed by atoms with Crippen LogP contribution in [0.2, 0.25) is 0 Å². The predicted molar refractivity (Wildman–Crippen MR) is 97.3 cm³/mol. The summed E-state index contributed by atoms with van der Waals surface area (Å²) in [5.41, 5.74) is 0.732. The summed E-state index contributed by atoms with van der Waals surface area (Å²) in [5, 5.41) is 12.4. The molecule has 24 heavy (non-hydrogen) atoms. The first-order valence-electron chi connectivity index (χ1n) is 8.50. The minimum absolute atomic E-state index is 0.00137. The van der Waals surface area contributed by atoms with Crippen molar-refractivity contribution in [2.75, 3.05) is 6.61 Å². The van der Waals surface area contributed by atoms with Crippen LogP contribution < -0.4 is 5.32 Å². The lowest BCUT2D eigenvalue weighted by molar-refractivity contribution is 0.0911. The number of rotatable bonds is 5. The Kier molecular flexibility index (Phi) is 5.94. The van der Waals surface area contributed by atoms with Gasteiger partial charge in [-0.05, 0) is 55.9 Å². The van der Waals surface area contributed by atoms with Gasteiger partial charge in [0.15, 0.2) is 0 Å². The Morgan fingerprint density at radius 3 is 2.38 bits per heavy atom. The number of amides is 1. The maximum absolute atomic E-state index is 12.7. The molecule has 2 aromatic rings. The maximum atomic E-state index is 12.7. The molecule has 0 bridgehead atoms. The van der Waals surface area contributed by atoms with Crippen LogP contribution in [-0.2, 0) is 0 Å². The number of hydrogen-bond donors (Lipinski definition) is 2. The van der Waals surface area contributed by atoms with Crippen molar-refractivity contribution in [2.45, 2.75) is 41.5 Å². The molecule has 1 fully saturated rings. The smallest absolute Gasteiger partial charge is 0.252 e. The summed E-state index contributed by atoms with van der Waals surface area (Å²) in [4.78, 5) is 14.8. The molecule has 3 nitrogen and oxygen atoms in total. The van der Waals surface area contributed by atoms with E-state index in [0.717, 1.165) is 41.0 Å².